The third-order valence-corrected chi connectivity index (χ3v) is 6.40. The summed E-state index contributed by atoms with van der Waals surface area (Å²) in [6.07, 6.45) is 7.83. The van der Waals surface area contributed by atoms with E-state index in [0.717, 1.165) is 55.6 Å². The van der Waals surface area contributed by atoms with Crippen molar-refractivity contribution in [2.45, 2.75) is 50.4 Å². The predicted molar refractivity (Wildman–Crippen MR) is 106 cm³/mol. The van der Waals surface area contributed by atoms with E-state index in [1.165, 1.54) is 18.4 Å². The van der Waals surface area contributed by atoms with Crippen LogP contribution in [0.1, 0.15) is 61.6 Å². The molecule has 2 aromatic heterocycles. The Labute approximate surface area is 164 Å². The maximum absolute atomic E-state index is 12.5. The molecule has 5 rings (SSSR count). The van der Waals surface area contributed by atoms with Gasteiger partial charge in [0.1, 0.15) is 0 Å². The third-order valence-electron chi connectivity index (χ3n) is 6.40. The normalized spacial score (nSPS) is 20.9. The molecule has 0 radical (unpaired) electrons. The van der Waals surface area contributed by atoms with E-state index in [1.807, 2.05) is 11.1 Å². The molecule has 0 N–H and O–H groups in total. The second-order valence-electron chi connectivity index (χ2n) is 8.40. The molecule has 1 aliphatic carbocycles. The molecular formula is C22H26N4O2. The van der Waals surface area contributed by atoms with Crippen LogP contribution in [0.3, 0.4) is 0 Å². The Kier molecular flexibility index (Phi) is 4.49. The Hall–Kier alpha value is -2.50. The molecule has 3 aliphatic rings. The first kappa shape index (κ1) is 17.6. The van der Waals surface area contributed by atoms with Crippen LogP contribution in [0.4, 0.5) is 0 Å². The number of aromatic nitrogens is 2. The summed E-state index contributed by atoms with van der Waals surface area (Å²) in [6, 6.07) is 6.51. The van der Waals surface area contributed by atoms with Crippen LogP contribution in [-0.2, 0) is 9.59 Å². The molecule has 6 nitrogen and oxygen atoms in total. The molecule has 0 spiro atoms. The quantitative estimate of drug-likeness (QED) is 0.821. The van der Waals surface area contributed by atoms with E-state index >= 15 is 0 Å². The summed E-state index contributed by atoms with van der Waals surface area (Å²) in [5.41, 5.74) is 3.25. The molecule has 0 bridgehead atoms. The van der Waals surface area contributed by atoms with E-state index in [0.29, 0.717) is 18.3 Å². The van der Waals surface area contributed by atoms with Crippen LogP contribution in [0.5, 0.6) is 0 Å². The first-order valence-electron chi connectivity index (χ1n) is 10.5. The van der Waals surface area contributed by atoms with Crippen LogP contribution in [-0.4, -0.2) is 57.8 Å². The van der Waals surface area contributed by atoms with Crippen molar-refractivity contribution in [3.63, 3.8) is 0 Å². The highest BCUT2D eigenvalue weighted by atomic mass is 16.2. The summed E-state index contributed by atoms with van der Waals surface area (Å²) < 4.78 is 0. The summed E-state index contributed by atoms with van der Waals surface area (Å²) in [5, 5.41) is 1.12. The lowest BCUT2D eigenvalue weighted by Gasteiger charge is -2.32. The highest BCUT2D eigenvalue weighted by Gasteiger charge is 2.29. The van der Waals surface area contributed by atoms with Gasteiger partial charge in [-0.1, -0.05) is 0 Å². The maximum atomic E-state index is 12.5. The van der Waals surface area contributed by atoms with E-state index in [2.05, 4.69) is 23.2 Å². The van der Waals surface area contributed by atoms with Gasteiger partial charge in [-0.05, 0) is 61.8 Å². The van der Waals surface area contributed by atoms with Crippen molar-refractivity contribution >= 4 is 22.8 Å². The van der Waals surface area contributed by atoms with Gasteiger partial charge in [-0.3, -0.25) is 9.59 Å². The maximum Gasteiger partial charge on any atom is 0.242 e. The number of likely N-dealkylation sites (tertiary alicyclic amines) is 2. The molecule has 3 fully saturated rings. The van der Waals surface area contributed by atoms with Gasteiger partial charge in [0.05, 0.1) is 6.54 Å². The molecule has 1 saturated carbocycles. The Bertz CT molecular complexity index is 916. The van der Waals surface area contributed by atoms with E-state index in [9.17, 15) is 9.59 Å². The Morgan fingerprint density at radius 2 is 1.89 bits per heavy atom. The summed E-state index contributed by atoms with van der Waals surface area (Å²) in [6.45, 7) is 2.43. The van der Waals surface area contributed by atoms with Crippen LogP contribution in [0, 0.1) is 0 Å². The van der Waals surface area contributed by atoms with Crippen molar-refractivity contribution in [2.75, 3.05) is 26.2 Å². The molecule has 2 aromatic rings. The zero-order valence-corrected chi connectivity index (χ0v) is 16.1. The Morgan fingerprint density at radius 3 is 2.61 bits per heavy atom. The van der Waals surface area contributed by atoms with Crippen LogP contribution >= 0.6 is 0 Å². The molecular weight excluding hydrogens is 352 g/mol. The predicted octanol–water partition coefficient (Wildman–Crippen LogP) is 2.84. The van der Waals surface area contributed by atoms with Gasteiger partial charge in [0.25, 0.3) is 0 Å². The van der Waals surface area contributed by atoms with Gasteiger partial charge in [-0.15, -0.1) is 0 Å². The van der Waals surface area contributed by atoms with E-state index in [1.54, 1.807) is 4.90 Å². The fourth-order valence-corrected chi connectivity index (χ4v) is 4.47. The summed E-state index contributed by atoms with van der Waals surface area (Å²) >= 11 is 0. The molecule has 146 valence electrons. The number of carbonyl (C=O) groups excluding carboxylic acids is 2. The number of rotatable bonds is 4. The van der Waals surface area contributed by atoms with Gasteiger partial charge in [0.2, 0.25) is 11.8 Å². The average Bonchev–Trinajstić information content (AvgIpc) is 3.51. The van der Waals surface area contributed by atoms with Crippen LogP contribution in [0.2, 0.25) is 0 Å². The van der Waals surface area contributed by atoms with Crippen LogP contribution < -0.4 is 0 Å². The molecule has 0 unspecified atom stereocenters. The van der Waals surface area contributed by atoms with Crippen molar-refractivity contribution in [3.8, 4) is 0 Å². The van der Waals surface area contributed by atoms with Gasteiger partial charge < -0.3 is 9.80 Å². The van der Waals surface area contributed by atoms with Crippen molar-refractivity contribution in [1.29, 1.82) is 0 Å². The topological polar surface area (TPSA) is 66.4 Å². The van der Waals surface area contributed by atoms with Gasteiger partial charge in [0.15, 0.2) is 5.65 Å². The van der Waals surface area contributed by atoms with Crippen molar-refractivity contribution in [1.82, 2.24) is 19.8 Å². The van der Waals surface area contributed by atoms with Crippen LogP contribution in [0.15, 0.2) is 24.4 Å². The highest BCUT2D eigenvalue weighted by molar-refractivity contribution is 5.86. The average molecular weight is 378 g/mol. The molecule has 28 heavy (non-hydrogen) atoms. The van der Waals surface area contributed by atoms with E-state index in [-0.39, 0.29) is 18.4 Å². The summed E-state index contributed by atoms with van der Waals surface area (Å²) in [4.78, 5) is 37.3. The summed E-state index contributed by atoms with van der Waals surface area (Å²) in [5.74, 6) is 1.26. The molecule has 2 saturated heterocycles. The molecule has 2 amide bonds. The molecule has 0 aromatic carbocycles. The minimum atomic E-state index is 0.0782. The molecule has 6 heteroatoms. The molecule has 0 atom stereocenters. The minimum absolute atomic E-state index is 0.0782. The van der Waals surface area contributed by atoms with E-state index < -0.39 is 0 Å². The molecule has 2 aliphatic heterocycles. The fourth-order valence-electron chi connectivity index (χ4n) is 4.47. The SMILES string of the molecule is O=C(CN1CCCC1=O)N1CCC(c2ccc3cc(C4CC4)cnc3n2)CC1. The number of piperidine rings is 1. The van der Waals surface area contributed by atoms with Crippen LogP contribution in [0.25, 0.3) is 11.0 Å². The fraction of sp³-hybridized carbons (Fsp3) is 0.545. The smallest absolute Gasteiger partial charge is 0.242 e. The van der Waals surface area contributed by atoms with Gasteiger partial charge in [-0.25, -0.2) is 9.97 Å². The number of nitrogens with zero attached hydrogens (tertiary/aromatic N) is 4. The number of carbonyl (C=O) groups is 2. The summed E-state index contributed by atoms with van der Waals surface area (Å²) in [7, 11) is 0. The monoisotopic (exact) mass is 378 g/mol. The largest absolute Gasteiger partial charge is 0.341 e. The Morgan fingerprint density at radius 1 is 1.07 bits per heavy atom. The second-order valence-corrected chi connectivity index (χ2v) is 8.40. The first-order chi connectivity index (χ1) is 13.7. The van der Waals surface area contributed by atoms with Crippen molar-refractivity contribution in [2.24, 2.45) is 0 Å². The number of pyridine rings is 2. The lowest BCUT2D eigenvalue weighted by Crippen LogP contribution is -2.44. The number of fused-ring (bicyclic) bond motifs is 1. The van der Waals surface area contributed by atoms with Crippen molar-refractivity contribution < 1.29 is 9.59 Å². The standard InChI is InChI=1S/C22H26N4O2/c27-20-2-1-9-26(20)14-21(28)25-10-7-16(8-11-25)19-6-5-17-12-18(15-3-4-15)13-23-22(17)24-19/h5-6,12-13,15-16H,1-4,7-11,14H2. The van der Waals surface area contributed by atoms with Gasteiger partial charge >= 0.3 is 0 Å². The minimum Gasteiger partial charge on any atom is -0.341 e. The molecule has 4 heterocycles. The zero-order chi connectivity index (χ0) is 19.1. The lowest BCUT2D eigenvalue weighted by atomic mass is 9.92. The number of hydrogen-bond donors (Lipinski definition) is 0. The zero-order valence-electron chi connectivity index (χ0n) is 16.1. The first-order valence-corrected chi connectivity index (χ1v) is 10.5. The third kappa shape index (κ3) is 3.48. The van der Waals surface area contributed by atoms with Gasteiger partial charge in [0, 0.05) is 49.2 Å². The number of amides is 2. The number of hydrogen-bond acceptors (Lipinski definition) is 4. The highest BCUT2D eigenvalue weighted by Crippen LogP contribution is 2.40. The lowest BCUT2D eigenvalue weighted by molar-refractivity contribution is -0.139. The Balaban J connectivity index is 1.22. The second kappa shape index (κ2) is 7.15. The van der Waals surface area contributed by atoms with Gasteiger partial charge in [-0.2, -0.15) is 0 Å². The van der Waals surface area contributed by atoms with E-state index in [4.69, 9.17) is 4.98 Å². The van der Waals surface area contributed by atoms with Crippen molar-refractivity contribution in [3.05, 3.63) is 35.7 Å².